The first kappa shape index (κ1) is 15.3. The van der Waals surface area contributed by atoms with E-state index in [-0.39, 0.29) is 5.28 Å². The van der Waals surface area contributed by atoms with Gasteiger partial charge in [-0.3, -0.25) is 0 Å². The molecule has 1 aliphatic carbocycles. The second kappa shape index (κ2) is 7.07. The standard InChI is InChI=1S/C14H24ClN5/c1-4-8-16-13-18-12(15)19-14(20-13)17-11-7-5-6-9(2)10(11)3/h9-11H,4-8H2,1-3H3,(H2,16,17,18,19,20). The minimum atomic E-state index is 0.234. The van der Waals surface area contributed by atoms with Gasteiger partial charge in [0, 0.05) is 12.6 Å². The molecule has 3 atom stereocenters. The van der Waals surface area contributed by atoms with Crippen LogP contribution in [0.5, 0.6) is 0 Å². The Balaban J connectivity index is 2.06. The van der Waals surface area contributed by atoms with Crippen molar-refractivity contribution in [2.45, 2.75) is 52.5 Å². The summed E-state index contributed by atoms with van der Waals surface area (Å²) in [4.78, 5) is 12.7. The Morgan fingerprint density at radius 1 is 1.15 bits per heavy atom. The molecule has 0 spiro atoms. The Bertz CT molecular complexity index is 440. The van der Waals surface area contributed by atoms with Crippen molar-refractivity contribution in [2.75, 3.05) is 17.2 Å². The second-order valence-corrected chi connectivity index (χ2v) is 6.03. The predicted molar refractivity (Wildman–Crippen MR) is 83.2 cm³/mol. The number of aromatic nitrogens is 3. The number of hydrogen-bond donors (Lipinski definition) is 2. The van der Waals surface area contributed by atoms with Gasteiger partial charge in [0.25, 0.3) is 0 Å². The topological polar surface area (TPSA) is 62.7 Å². The summed E-state index contributed by atoms with van der Waals surface area (Å²) in [6.45, 7) is 7.53. The zero-order valence-electron chi connectivity index (χ0n) is 12.5. The first-order chi connectivity index (χ1) is 9.60. The van der Waals surface area contributed by atoms with Crippen molar-refractivity contribution < 1.29 is 0 Å². The SMILES string of the molecule is CCCNc1nc(Cl)nc(NC2CCCC(C)C2C)n1. The summed E-state index contributed by atoms with van der Waals surface area (Å²) >= 11 is 5.97. The molecule has 2 rings (SSSR count). The normalized spacial score (nSPS) is 26.3. The van der Waals surface area contributed by atoms with Crippen LogP contribution in [0.15, 0.2) is 0 Å². The van der Waals surface area contributed by atoms with Crippen molar-refractivity contribution in [3.05, 3.63) is 5.28 Å². The molecular weight excluding hydrogens is 274 g/mol. The minimum Gasteiger partial charge on any atom is -0.354 e. The zero-order chi connectivity index (χ0) is 14.5. The van der Waals surface area contributed by atoms with E-state index in [1.807, 2.05) is 0 Å². The van der Waals surface area contributed by atoms with Gasteiger partial charge in [0.15, 0.2) is 0 Å². The highest BCUT2D eigenvalue weighted by molar-refractivity contribution is 6.28. The van der Waals surface area contributed by atoms with Gasteiger partial charge in [0.2, 0.25) is 17.2 Å². The van der Waals surface area contributed by atoms with E-state index in [2.05, 4.69) is 46.4 Å². The third-order valence-corrected chi connectivity index (χ3v) is 4.33. The first-order valence-electron chi connectivity index (χ1n) is 7.52. The van der Waals surface area contributed by atoms with Crippen molar-refractivity contribution in [3.8, 4) is 0 Å². The van der Waals surface area contributed by atoms with E-state index in [0.29, 0.717) is 23.9 Å². The van der Waals surface area contributed by atoms with Gasteiger partial charge in [0.05, 0.1) is 0 Å². The Hall–Kier alpha value is -1.10. The molecule has 0 aromatic carbocycles. The number of nitrogens with zero attached hydrogens (tertiary/aromatic N) is 3. The summed E-state index contributed by atoms with van der Waals surface area (Å²) < 4.78 is 0. The molecule has 6 heteroatoms. The van der Waals surface area contributed by atoms with Gasteiger partial charge in [-0.25, -0.2) is 0 Å². The van der Waals surface area contributed by atoms with E-state index in [9.17, 15) is 0 Å². The molecule has 0 amide bonds. The van der Waals surface area contributed by atoms with Gasteiger partial charge in [-0.2, -0.15) is 15.0 Å². The largest absolute Gasteiger partial charge is 0.354 e. The van der Waals surface area contributed by atoms with Crippen LogP contribution in [-0.4, -0.2) is 27.5 Å². The highest BCUT2D eigenvalue weighted by Crippen LogP contribution is 2.31. The van der Waals surface area contributed by atoms with Crippen molar-refractivity contribution in [3.63, 3.8) is 0 Å². The lowest BCUT2D eigenvalue weighted by molar-refractivity contribution is 0.252. The van der Waals surface area contributed by atoms with E-state index in [1.54, 1.807) is 0 Å². The highest BCUT2D eigenvalue weighted by Gasteiger charge is 2.27. The quantitative estimate of drug-likeness (QED) is 0.870. The average molecular weight is 298 g/mol. The maximum Gasteiger partial charge on any atom is 0.229 e. The number of nitrogens with one attached hydrogen (secondary N) is 2. The van der Waals surface area contributed by atoms with E-state index >= 15 is 0 Å². The van der Waals surface area contributed by atoms with E-state index < -0.39 is 0 Å². The fourth-order valence-corrected chi connectivity index (χ4v) is 2.84. The molecule has 5 nitrogen and oxygen atoms in total. The Morgan fingerprint density at radius 2 is 1.90 bits per heavy atom. The molecule has 112 valence electrons. The maximum absolute atomic E-state index is 5.97. The molecule has 1 heterocycles. The van der Waals surface area contributed by atoms with Gasteiger partial charge in [-0.1, -0.05) is 33.6 Å². The van der Waals surface area contributed by atoms with Crippen LogP contribution in [0.3, 0.4) is 0 Å². The molecule has 0 aliphatic heterocycles. The Kier molecular flexibility index (Phi) is 5.40. The van der Waals surface area contributed by atoms with Gasteiger partial charge < -0.3 is 10.6 Å². The molecular formula is C14H24ClN5. The highest BCUT2D eigenvalue weighted by atomic mass is 35.5. The van der Waals surface area contributed by atoms with Crippen LogP contribution >= 0.6 is 11.6 Å². The molecule has 0 bridgehead atoms. The number of halogens is 1. The lowest BCUT2D eigenvalue weighted by Crippen LogP contribution is -2.35. The molecule has 0 saturated heterocycles. The molecule has 3 unspecified atom stereocenters. The molecule has 0 radical (unpaired) electrons. The third-order valence-electron chi connectivity index (χ3n) is 4.16. The third kappa shape index (κ3) is 3.95. The van der Waals surface area contributed by atoms with E-state index in [1.165, 1.54) is 12.8 Å². The van der Waals surface area contributed by atoms with Crippen LogP contribution < -0.4 is 10.6 Å². The lowest BCUT2D eigenvalue weighted by atomic mass is 9.78. The summed E-state index contributed by atoms with van der Waals surface area (Å²) in [6.07, 6.45) is 4.74. The van der Waals surface area contributed by atoms with Crippen LogP contribution in [0, 0.1) is 11.8 Å². The van der Waals surface area contributed by atoms with Crippen LogP contribution in [0.2, 0.25) is 5.28 Å². The predicted octanol–water partition coefficient (Wildman–Crippen LogP) is 3.58. The summed E-state index contributed by atoms with van der Waals surface area (Å²) in [6, 6.07) is 0.413. The minimum absolute atomic E-state index is 0.234. The second-order valence-electron chi connectivity index (χ2n) is 5.70. The van der Waals surface area contributed by atoms with Crippen molar-refractivity contribution in [1.82, 2.24) is 15.0 Å². The summed E-state index contributed by atoms with van der Waals surface area (Å²) in [5.41, 5.74) is 0. The number of anilines is 2. The molecule has 1 fully saturated rings. The van der Waals surface area contributed by atoms with Crippen LogP contribution in [0.1, 0.15) is 46.5 Å². The first-order valence-corrected chi connectivity index (χ1v) is 7.90. The Labute approximate surface area is 126 Å². The van der Waals surface area contributed by atoms with E-state index in [0.717, 1.165) is 25.3 Å². The molecule has 1 aromatic rings. The Morgan fingerprint density at radius 3 is 2.65 bits per heavy atom. The van der Waals surface area contributed by atoms with Gasteiger partial charge >= 0.3 is 0 Å². The zero-order valence-corrected chi connectivity index (χ0v) is 13.2. The van der Waals surface area contributed by atoms with E-state index in [4.69, 9.17) is 11.6 Å². The van der Waals surface area contributed by atoms with Crippen molar-refractivity contribution >= 4 is 23.5 Å². The lowest BCUT2D eigenvalue weighted by Gasteiger charge is -2.34. The fraction of sp³-hybridized carbons (Fsp3) is 0.786. The van der Waals surface area contributed by atoms with Gasteiger partial charge in [-0.05, 0) is 36.3 Å². The fourth-order valence-electron chi connectivity index (χ4n) is 2.68. The number of hydrogen-bond acceptors (Lipinski definition) is 5. The molecule has 1 saturated carbocycles. The number of rotatable bonds is 5. The van der Waals surface area contributed by atoms with Crippen LogP contribution in [-0.2, 0) is 0 Å². The van der Waals surface area contributed by atoms with Crippen molar-refractivity contribution in [2.24, 2.45) is 11.8 Å². The summed E-state index contributed by atoms with van der Waals surface area (Å²) in [7, 11) is 0. The van der Waals surface area contributed by atoms with Crippen LogP contribution in [0.25, 0.3) is 0 Å². The summed E-state index contributed by atoms with van der Waals surface area (Å²) in [5, 5.41) is 6.81. The molecule has 1 aliphatic rings. The molecule has 2 N–H and O–H groups in total. The molecule has 1 aromatic heterocycles. The van der Waals surface area contributed by atoms with Gasteiger partial charge in [-0.15, -0.1) is 0 Å². The van der Waals surface area contributed by atoms with Gasteiger partial charge in [0.1, 0.15) is 0 Å². The summed E-state index contributed by atoms with van der Waals surface area (Å²) in [5.74, 6) is 2.48. The maximum atomic E-state index is 5.97. The smallest absolute Gasteiger partial charge is 0.229 e. The van der Waals surface area contributed by atoms with Crippen molar-refractivity contribution in [1.29, 1.82) is 0 Å². The van der Waals surface area contributed by atoms with Crippen LogP contribution in [0.4, 0.5) is 11.9 Å². The monoisotopic (exact) mass is 297 g/mol. The molecule has 20 heavy (non-hydrogen) atoms. The average Bonchev–Trinajstić information content (AvgIpc) is 2.41.